The second kappa shape index (κ2) is 20.6. The summed E-state index contributed by atoms with van der Waals surface area (Å²) in [6, 6.07) is 4.15. The molecule has 8 nitrogen and oxygen atoms in total. The lowest BCUT2D eigenvalue weighted by Crippen LogP contribution is -2.40. The third-order valence-corrected chi connectivity index (χ3v) is 11.9. The highest BCUT2D eigenvalue weighted by atomic mass is 16.4. The Morgan fingerprint density at radius 2 is 1.43 bits per heavy atom. The summed E-state index contributed by atoms with van der Waals surface area (Å²) in [5.41, 5.74) is 5.54. The number of carbonyl (C=O) groups is 3. The minimum Gasteiger partial charge on any atom is -0.481 e. The molecule has 0 aliphatic heterocycles. The van der Waals surface area contributed by atoms with E-state index < -0.39 is 5.97 Å². The lowest BCUT2D eigenvalue weighted by molar-refractivity contribution is -0.136. The molecular weight excluding hydrogens is 612 g/mol. The minimum atomic E-state index is -0.838. The van der Waals surface area contributed by atoms with E-state index in [1.54, 1.807) is 7.05 Å². The fourth-order valence-electron chi connectivity index (χ4n) is 7.90. The van der Waals surface area contributed by atoms with Crippen molar-refractivity contribution >= 4 is 17.8 Å². The normalized spacial score (nSPS) is 17.9. The largest absolute Gasteiger partial charge is 0.481 e. The number of carbonyl (C=O) groups excluding carboxylic acids is 2. The maximum atomic E-state index is 12.5. The summed E-state index contributed by atoms with van der Waals surface area (Å²) >= 11 is 0. The highest BCUT2D eigenvalue weighted by Crippen LogP contribution is 2.45. The van der Waals surface area contributed by atoms with E-state index >= 15 is 0 Å². The summed E-state index contributed by atoms with van der Waals surface area (Å²) in [6.45, 7) is 20.3. The standard InChI is InChI=1S/C31H49N3O3.C8H15NO.C2H6/c1-8-19(3)21(5)31(7,20(4)9-2)27-16-24(17-29(36)37)30(34-27)26-15-25(22(6)33-26)18-32-28(35)14-23-12-10-11-13-23;1-9-8(10)6-7-4-2-3-5-7;1-2/h15-16,19-21,23,33-34H,8-14,17-18H2,1-7H3,(H,32,35)(H,36,37);7H,2-6H2,1H3,(H,9,10);1-2H3. The zero-order valence-corrected chi connectivity index (χ0v) is 32.6. The second-order valence-corrected chi connectivity index (χ2v) is 14.9. The van der Waals surface area contributed by atoms with Crippen LogP contribution in [0.4, 0.5) is 0 Å². The summed E-state index contributed by atoms with van der Waals surface area (Å²) in [5, 5.41) is 15.4. The van der Waals surface area contributed by atoms with Crippen LogP contribution >= 0.6 is 0 Å². The molecule has 5 N–H and O–H groups in total. The number of H-pyrrole nitrogens is 2. The Bertz CT molecular complexity index is 1300. The molecule has 0 spiro atoms. The molecular formula is C41H70N4O4. The van der Waals surface area contributed by atoms with Crippen LogP contribution in [0, 0.1) is 36.5 Å². The van der Waals surface area contributed by atoms with Crippen LogP contribution in [0.3, 0.4) is 0 Å². The molecule has 0 bridgehead atoms. The number of aryl methyl sites for hydroxylation is 1. The van der Waals surface area contributed by atoms with Crippen molar-refractivity contribution in [2.75, 3.05) is 7.05 Å². The van der Waals surface area contributed by atoms with Gasteiger partial charge < -0.3 is 25.7 Å². The molecule has 4 atom stereocenters. The average molecular weight is 683 g/mol. The molecule has 8 heteroatoms. The summed E-state index contributed by atoms with van der Waals surface area (Å²) in [4.78, 5) is 42.3. The first-order valence-corrected chi connectivity index (χ1v) is 19.4. The zero-order chi connectivity index (χ0) is 36.7. The van der Waals surface area contributed by atoms with E-state index in [-0.39, 0.29) is 23.7 Å². The van der Waals surface area contributed by atoms with E-state index in [4.69, 9.17) is 0 Å². The number of rotatable bonds is 15. The van der Waals surface area contributed by atoms with Gasteiger partial charge in [0.1, 0.15) is 0 Å². The Labute approximate surface area is 297 Å². The fourth-order valence-corrected chi connectivity index (χ4v) is 7.90. The van der Waals surface area contributed by atoms with Crippen molar-refractivity contribution in [1.82, 2.24) is 20.6 Å². The molecule has 4 rings (SSSR count). The monoisotopic (exact) mass is 683 g/mol. The van der Waals surface area contributed by atoms with Crippen LogP contribution in [0.2, 0.25) is 0 Å². The van der Waals surface area contributed by atoms with E-state index in [0.29, 0.717) is 42.6 Å². The quantitative estimate of drug-likeness (QED) is 0.128. The number of aliphatic carboxylic acids is 1. The van der Waals surface area contributed by atoms with Gasteiger partial charge in [0, 0.05) is 43.2 Å². The number of hydrogen-bond acceptors (Lipinski definition) is 3. The van der Waals surface area contributed by atoms with Gasteiger partial charge in [0.05, 0.1) is 17.8 Å². The van der Waals surface area contributed by atoms with Crippen LogP contribution in [0.15, 0.2) is 12.1 Å². The number of hydrogen-bond donors (Lipinski definition) is 5. The molecule has 2 aliphatic rings. The maximum Gasteiger partial charge on any atom is 0.307 e. The number of carboxylic acids is 1. The Hall–Kier alpha value is -3.03. The molecule has 2 heterocycles. The Balaban J connectivity index is 0.000000588. The van der Waals surface area contributed by atoms with Crippen LogP contribution in [0.25, 0.3) is 11.4 Å². The van der Waals surface area contributed by atoms with E-state index in [9.17, 15) is 19.5 Å². The van der Waals surface area contributed by atoms with E-state index in [0.717, 1.165) is 66.0 Å². The molecule has 4 unspecified atom stereocenters. The van der Waals surface area contributed by atoms with Gasteiger partial charge in [-0.1, -0.05) is 93.9 Å². The summed E-state index contributed by atoms with van der Waals surface area (Å²) in [7, 11) is 1.71. The first kappa shape index (κ1) is 42.1. The third kappa shape index (κ3) is 11.8. The Kier molecular flexibility index (Phi) is 17.7. The van der Waals surface area contributed by atoms with Crippen LogP contribution in [0.1, 0.15) is 155 Å². The maximum absolute atomic E-state index is 12.5. The molecule has 2 aliphatic carbocycles. The van der Waals surface area contributed by atoms with Gasteiger partial charge in [-0.05, 0) is 85.5 Å². The SMILES string of the molecule is CC.CCC(C)C(C)C(C)(c1cc(CC(=O)O)c(-c2cc(CNC(=O)CC3CCCC3)c(C)[nH]2)[nH]1)C(C)CC.CNC(=O)CC1CCCC1. The Morgan fingerprint density at radius 3 is 1.92 bits per heavy atom. The Morgan fingerprint density at radius 1 is 0.878 bits per heavy atom. The van der Waals surface area contributed by atoms with Gasteiger partial charge in [-0.25, -0.2) is 0 Å². The summed E-state index contributed by atoms with van der Waals surface area (Å²) in [6.07, 6.45) is 13.4. The van der Waals surface area contributed by atoms with Crippen LogP contribution in [-0.4, -0.2) is 39.9 Å². The highest BCUT2D eigenvalue weighted by Gasteiger charge is 2.41. The molecule has 2 aromatic rings. The molecule has 2 saturated carbocycles. The molecule has 0 saturated heterocycles. The number of aromatic amines is 2. The number of amides is 2. The molecule has 2 fully saturated rings. The second-order valence-electron chi connectivity index (χ2n) is 14.9. The van der Waals surface area contributed by atoms with Gasteiger partial charge in [0.2, 0.25) is 11.8 Å². The van der Waals surface area contributed by atoms with E-state index in [1.807, 2.05) is 20.8 Å². The minimum absolute atomic E-state index is 0.0361. The van der Waals surface area contributed by atoms with Gasteiger partial charge in [0.15, 0.2) is 0 Å². The lowest BCUT2D eigenvalue weighted by atomic mass is 9.62. The summed E-state index contributed by atoms with van der Waals surface area (Å²) in [5.74, 6) is 2.08. The van der Waals surface area contributed by atoms with Crippen LogP contribution < -0.4 is 10.6 Å². The molecule has 49 heavy (non-hydrogen) atoms. The van der Waals surface area contributed by atoms with E-state index in [1.165, 1.54) is 38.5 Å². The average Bonchev–Trinajstić information content (AvgIpc) is 3.92. The zero-order valence-electron chi connectivity index (χ0n) is 32.6. The predicted molar refractivity (Wildman–Crippen MR) is 202 cm³/mol. The molecule has 0 radical (unpaired) electrons. The van der Waals surface area contributed by atoms with Crippen molar-refractivity contribution in [3.05, 3.63) is 34.6 Å². The topological polar surface area (TPSA) is 127 Å². The smallest absolute Gasteiger partial charge is 0.307 e. The van der Waals surface area contributed by atoms with Gasteiger partial charge >= 0.3 is 5.97 Å². The first-order chi connectivity index (χ1) is 23.3. The number of carboxylic acid groups (broad SMARTS) is 1. The summed E-state index contributed by atoms with van der Waals surface area (Å²) < 4.78 is 0. The molecule has 2 amide bonds. The van der Waals surface area contributed by atoms with Gasteiger partial charge in [-0.2, -0.15) is 0 Å². The first-order valence-electron chi connectivity index (χ1n) is 19.4. The number of aromatic nitrogens is 2. The lowest BCUT2D eigenvalue weighted by Gasteiger charge is -2.43. The third-order valence-electron chi connectivity index (χ3n) is 11.9. The van der Waals surface area contributed by atoms with Crippen molar-refractivity contribution in [1.29, 1.82) is 0 Å². The van der Waals surface area contributed by atoms with Gasteiger partial charge in [-0.3, -0.25) is 14.4 Å². The van der Waals surface area contributed by atoms with Crippen molar-refractivity contribution < 1.29 is 19.5 Å². The highest BCUT2D eigenvalue weighted by molar-refractivity contribution is 5.77. The fraction of sp³-hybridized carbons (Fsp3) is 0.732. The van der Waals surface area contributed by atoms with Crippen molar-refractivity contribution in [3.8, 4) is 11.4 Å². The van der Waals surface area contributed by atoms with Gasteiger partial charge in [-0.15, -0.1) is 0 Å². The van der Waals surface area contributed by atoms with Crippen molar-refractivity contribution in [2.24, 2.45) is 29.6 Å². The molecule has 0 aromatic carbocycles. The van der Waals surface area contributed by atoms with Gasteiger partial charge in [0.25, 0.3) is 0 Å². The van der Waals surface area contributed by atoms with E-state index in [2.05, 4.69) is 74.3 Å². The van der Waals surface area contributed by atoms with Crippen molar-refractivity contribution in [3.63, 3.8) is 0 Å². The molecule has 278 valence electrons. The molecule has 2 aromatic heterocycles. The van der Waals surface area contributed by atoms with Crippen LogP contribution in [-0.2, 0) is 32.8 Å². The number of nitrogens with one attached hydrogen (secondary N) is 4. The van der Waals surface area contributed by atoms with Crippen LogP contribution in [0.5, 0.6) is 0 Å². The predicted octanol–water partition coefficient (Wildman–Crippen LogP) is 9.47. The van der Waals surface area contributed by atoms with Crippen molar-refractivity contribution in [2.45, 2.75) is 158 Å².